The summed E-state index contributed by atoms with van der Waals surface area (Å²) in [4.78, 5) is 23.9. The lowest BCUT2D eigenvalue weighted by Crippen LogP contribution is -2.24. The number of hydrogen-bond donors (Lipinski definition) is 3. The molecule has 0 aromatic carbocycles. The summed E-state index contributed by atoms with van der Waals surface area (Å²) in [6, 6.07) is 0. The lowest BCUT2D eigenvalue weighted by Gasteiger charge is -2.17. The number of phosphoric acid groups is 1. The standard InChI is InChI=1S/C16H28NO8P/c1-2-3-4-6-9-17-10-12-24-26(21,22)25-14-15(13-18)23-11-7-5-8-16(19)20/h2-4,6,9,15,18H,5,7-8,10-14H2,1H3,(H,19,20)(H,21,22)/b3-2-,6-4-,17-9?. The molecular formula is C16H28NO8P. The third-order valence-corrected chi connectivity index (χ3v) is 3.83. The van der Waals surface area contributed by atoms with Gasteiger partial charge in [-0.1, -0.05) is 18.2 Å². The normalized spacial score (nSPS) is 15.8. The number of aliphatic imine (C=N–C) groups is 1. The number of aliphatic hydroxyl groups is 1. The summed E-state index contributed by atoms with van der Waals surface area (Å²) >= 11 is 0. The highest BCUT2D eigenvalue weighted by Crippen LogP contribution is 2.43. The number of unbranched alkanes of at least 4 members (excludes halogenated alkanes) is 1. The van der Waals surface area contributed by atoms with Crippen LogP contribution in [0.5, 0.6) is 0 Å². The lowest BCUT2D eigenvalue weighted by molar-refractivity contribution is -0.137. The number of aliphatic hydroxyl groups excluding tert-OH is 1. The van der Waals surface area contributed by atoms with Crippen LogP contribution < -0.4 is 0 Å². The second-order valence-electron chi connectivity index (χ2n) is 5.09. The van der Waals surface area contributed by atoms with Crippen molar-refractivity contribution < 1.29 is 38.3 Å². The van der Waals surface area contributed by atoms with Crippen molar-refractivity contribution >= 4 is 20.0 Å². The van der Waals surface area contributed by atoms with Crippen LogP contribution in [0.25, 0.3) is 0 Å². The first-order valence-electron chi connectivity index (χ1n) is 8.25. The zero-order valence-corrected chi connectivity index (χ0v) is 15.8. The Bertz CT molecular complexity index is 506. The molecule has 26 heavy (non-hydrogen) atoms. The second kappa shape index (κ2) is 15.9. The minimum Gasteiger partial charge on any atom is -0.481 e. The number of rotatable bonds is 16. The molecule has 0 radical (unpaired) electrons. The largest absolute Gasteiger partial charge is 0.481 e. The maximum Gasteiger partial charge on any atom is 0.472 e. The molecule has 9 nitrogen and oxygen atoms in total. The van der Waals surface area contributed by atoms with Crippen molar-refractivity contribution in [1.82, 2.24) is 0 Å². The van der Waals surface area contributed by atoms with Crippen LogP contribution in [-0.2, 0) is 23.1 Å². The van der Waals surface area contributed by atoms with Crippen molar-refractivity contribution in [1.29, 1.82) is 0 Å². The van der Waals surface area contributed by atoms with Gasteiger partial charge in [0.1, 0.15) is 6.10 Å². The molecule has 0 saturated heterocycles. The van der Waals surface area contributed by atoms with Crippen molar-refractivity contribution in [2.75, 3.05) is 33.0 Å². The van der Waals surface area contributed by atoms with Gasteiger partial charge in [0.25, 0.3) is 0 Å². The van der Waals surface area contributed by atoms with Crippen molar-refractivity contribution in [3.8, 4) is 0 Å². The third-order valence-electron chi connectivity index (χ3n) is 2.85. The van der Waals surface area contributed by atoms with E-state index in [1.165, 1.54) is 0 Å². The Kier molecular flexibility index (Phi) is 15.0. The van der Waals surface area contributed by atoms with Crippen LogP contribution in [0.2, 0.25) is 0 Å². The van der Waals surface area contributed by atoms with Gasteiger partial charge < -0.3 is 19.8 Å². The van der Waals surface area contributed by atoms with Crippen molar-refractivity contribution in [3.63, 3.8) is 0 Å². The molecule has 2 unspecified atom stereocenters. The van der Waals surface area contributed by atoms with Crippen LogP contribution in [0, 0.1) is 0 Å². The number of carboxylic acids is 1. The van der Waals surface area contributed by atoms with Crippen molar-refractivity contribution in [2.24, 2.45) is 4.99 Å². The molecule has 0 saturated carbocycles. The number of phosphoric ester groups is 1. The zero-order chi connectivity index (χ0) is 19.7. The van der Waals surface area contributed by atoms with E-state index in [1.54, 1.807) is 18.4 Å². The van der Waals surface area contributed by atoms with Gasteiger partial charge in [0, 0.05) is 19.2 Å². The number of hydrogen-bond acceptors (Lipinski definition) is 7. The molecule has 0 rings (SSSR count). The van der Waals surface area contributed by atoms with Gasteiger partial charge in [-0.3, -0.25) is 18.8 Å². The molecule has 10 heteroatoms. The molecular weight excluding hydrogens is 365 g/mol. The van der Waals surface area contributed by atoms with E-state index < -0.39 is 26.5 Å². The summed E-state index contributed by atoms with van der Waals surface area (Å²) in [5.74, 6) is -0.886. The molecule has 0 amide bonds. The highest BCUT2D eigenvalue weighted by atomic mass is 31.2. The van der Waals surface area contributed by atoms with Gasteiger partial charge in [-0.2, -0.15) is 0 Å². The van der Waals surface area contributed by atoms with E-state index in [4.69, 9.17) is 24.0 Å². The Morgan fingerprint density at radius 3 is 2.62 bits per heavy atom. The maximum atomic E-state index is 11.7. The fourth-order valence-corrected chi connectivity index (χ4v) is 2.31. The zero-order valence-electron chi connectivity index (χ0n) is 14.9. The van der Waals surface area contributed by atoms with E-state index in [-0.39, 0.29) is 32.8 Å². The van der Waals surface area contributed by atoms with Crippen LogP contribution in [-0.4, -0.2) is 66.4 Å². The Balaban J connectivity index is 3.93. The van der Waals surface area contributed by atoms with E-state index >= 15 is 0 Å². The molecule has 0 aromatic rings. The third kappa shape index (κ3) is 16.1. The minimum atomic E-state index is -4.26. The first-order chi connectivity index (χ1) is 12.4. The number of aliphatic carboxylic acids is 1. The van der Waals surface area contributed by atoms with E-state index in [1.807, 2.05) is 19.1 Å². The summed E-state index contributed by atoms with van der Waals surface area (Å²) in [5.41, 5.74) is 0. The fraction of sp³-hybridized carbons (Fsp3) is 0.625. The SMILES string of the molecule is C/C=C\C=C/C=NCCOP(=O)(O)OCC(CO)OCCCCC(=O)O. The summed E-state index contributed by atoms with van der Waals surface area (Å²) in [6.07, 6.45) is 8.95. The van der Waals surface area contributed by atoms with Crippen molar-refractivity contribution in [3.05, 3.63) is 24.3 Å². The predicted octanol–water partition coefficient (Wildman–Crippen LogP) is 1.96. The number of carbonyl (C=O) groups is 1. The second-order valence-corrected chi connectivity index (χ2v) is 6.54. The molecule has 0 aliphatic heterocycles. The monoisotopic (exact) mass is 393 g/mol. The molecule has 0 aromatic heterocycles. The first kappa shape index (κ1) is 24.7. The van der Waals surface area contributed by atoms with Crippen LogP contribution in [0.1, 0.15) is 26.2 Å². The number of allylic oxidation sites excluding steroid dienone is 4. The molecule has 0 aliphatic rings. The Morgan fingerprint density at radius 1 is 1.19 bits per heavy atom. The van der Waals surface area contributed by atoms with Gasteiger partial charge in [0.05, 0.1) is 26.4 Å². The maximum absolute atomic E-state index is 11.7. The molecule has 0 spiro atoms. The van der Waals surface area contributed by atoms with Crippen LogP contribution >= 0.6 is 7.82 Å². The quantitative estimate of drug-likeness (QED) is 0.157. The van der Waals surface area contributed by atoms with E-state index in [2.05, 4.69) is 4.99 Å². The molecule has 0 bridgehead atoms. The molecule has 0 aliphatic carbocycles. The Hall–Kier alpha value is -1.35. The van der Waals surface area contributed by atoms with Gasteiger partial charge in [-0.05, 0) is 25.8 Å². The smallest absolute Gasteiger partial charge is 0.472 e. The van der Waals surface area contributed by atoms with Gasteiger partial charge in [0.2, 0.25) is 0 Å². The summed E-state index contributed by atoms with van der Waals surface area (Å²) < 4.78 is 26.5. The Morgan fingerprint density at radius 2 is 1.96 bits per heavy atom. The van der Waals surface area contributed by atoms with E-state index in [9.17, 15) is 14.3 Å². The topological polar surface area (TPSA) is 135 Å². The molecule has 0 heterocycles. The number of carboxylic acid groups (broad SMARTS) is 1. The van der Waals surface area contributed by atoms with E-state index in [0.29, 0.717) is 12.8 Å². The van der Waals surface area contributed by atoms with Crippen LogP contribution in [0.4, 0.5) is 0 Å². The molecule has 2 atom stereocenters. The van der Waals surface area contributed by atoms with Crippen LogP contribution in [0.3, 0.4) is 0 Å². The highest BCUT2D eigenvalue weighted by Gasteiger charge is 2.23. The van der Waals surface area contributed by atoms with Gasteiger partial charge >= 0.3 is 13.8 Å². The summed E-state index contributed by atoms with van der Waals surface area (Å²) in [5, 5.41) is 17.7. The molecule has 3 N–H and O–H groups in total. The average Bonchev–Trinajstić information content (AvgIpc) is 2.59. The summed E-state index contributed by atoms with van der Waals surface area (Å²) in [7, 11) is -4.26. The average molecular weight is 393 g/mol. The van der Waals surface area contributed by atoms with Gasteiger partial charge in [-0.15, -0.1) is 0 Å². The number of ether oxygens (including phenoxy) is 1. The molecule has 150 valence electrons. The van der Waals surface area contributed by atoms with Crippen molar-refractivity contribution in [2.45, 2.75) is 32.3 Å². The van der Waals surface area contributed by atoms with Gasteiger partial charge in [-0.25, -0.2) is 4.57 Å². The van der Waals surface area contributed by atoms with E-state index in [0.717, 1.165) is 0 Å². The minimum absolute atomic E-state index is 0.0386. The summed E-state index contributed by atoms with van der Waals surface area (Å²) in [6.45, 7) is 1.48. The predicted molar refractivity (Wildman–Crippen MR) is 97.4 cm³/mol. The fourth-order valence-electron chi connectivity index (χ4n) is 1.57. The first-order valence-corrected chi connectivity index (χ1v) is 9.74. The molecule has 0 fully saturated rings. The highest BCUT2D eigenvalue weighted by molar-refractivity contribution is 7.47. The van der Waals surface area contributed by atoms with Crippen LogP contribution in [0.15, 0.2) is 29.3 Å². The number of nitrogens with zero attached hydrogens (tertiary/aromatic N) is 1. The Labute approximate surface area is 153 Å². The van der Waals surface area contributed by atoms with Gasteiger partial charge in [0.15, 0.2) is 0 Å². The lowest BCUT2D eigenvalue weighted by atomic mass is 10.2.